The Bertz CT molecular complexity index is 960. The molecule has 1 aromatic carbocycles. The van der Waals surface area contributed by atoms with Crippen molar-refractivity contribution < 1.29 is 14.3 Å². The number of carbonyl (C=O) groups is 2. The number of nitrogens with zero attached hydrogens (tertiary/aromatic N) is 2. The average Bonchev–Trinajstić information content (AvgIpc) is 2.98. The van der Waals surface area contributed by atoms with Crippen LogP contribution in [-0.4, -0.2) is 29.4 Å². The molecule has 2 fully saturated rings. The van der Waals surface area contributed by atoms with Gasteiger partial charge in [-0.1, -0.05) is 23.2 Å². The van der Waals surface area contributed by atoms with Crippen molar-refractivity contribution in [2.45, 2.75) is 45.3 Å². The van der Waals surface area contributed by atoms with E-state index in [0.717, 1.165) is 18.4 Å². The molecule has 1 aromatic heterocycles. The molecule has 2 aliphatic rings. The van der Waals surface area contributed by atoms with Gasteiger partial charge in [0.15, 0.2) is 0 Å². The molecule has 1 saturated carbocycles. The minimum atomic E-state index is -0.843. The summed E-state index contributed by atoms with van der Waals surface area (Å²) in [6.07, 6.45) is 5.36. The van der Waals surface area contributed by atoms with E-state index in [1.807, 2.05) is 12.1 Å². The lowest BCUT2D eigenvalue weighted by Crippen LogP contribution is -2.40. The summed E-state index contributed by atoms with van der Waals surface area (Å²) in [5, 5.41) is 3.84. The summed E-state index contributed by atoms with van der Waals surface area (Å²) >= 11 is 12.1. The first kappa shape index (κ1) is 20.9. The standard InChI is InChI=1S/C22H23Cl2N3O3/c1-22(11-20(28)27(13-22)17-9-15(23)8-16(24)10-17)21(29)26-12-14-5-6-25-19(7-14)30-18-3-2-4-18/h5-10,18H,2-4,11-13H2,1H3,(H,26,29). The molecule has 8 heteroatoms. The second-order valence-corrected chi connectivity index (χ2v) is 9.07. The fourth-order valence-electron chi connectivity index (χ4n) is 3.68. The number of benzene rings is 1. The lowest BCUT2D eigenvalue weighted by Gasteiger charge is -2.26. The molecule has 1 N–H and O–H groups in total. The van der Waals surface area contributed by atoms with Crippen molar-refractivity contribution in [2.75, 3.05) is 11.4 Å². The molecule has 0 spiro atoms. The summed E-state index contributed by atoms with van der Waals surface area (Å²) in [7, 11) is 0. The molecular formula is C22H23Cl2N3O3. The lowest BCUT2D eigenvalue weighted by molar-refractivity contribution is -0.131. The van der Waals surface area contributed by atoms with Gasteiger partial charge in [0.1, 0.15) is 6.10 Å². The Labute approximate surface area is 185 Å². The summed E-state index contributed by atoms with van der Waals surface area (Å²) in [4.78, 5) is 31.3. The highest BCUT2D eigenvalue weighted by molar-refractivity contribution is 6.35. The Morgan fingerprint density at radius 2 is 2.00 bits per heavy atom. The third kappa shape index (κ3) is 4.55. The highest BCUT2D eigenvalue weighted by Crippen LogP contribution is 2.36. The number of hydrogen-bond acceptors (Lipinski definition) is 4. The molecule has 158 valence electrons. The summed E-state index contributed by atoms with van der Waals surface area (Å²) in [6.45, 7) is 2.40. The van der Waals surface area contributed by atoms with Gasteiger partial charge in [0, 0.05) is 47.5 Å². The molecule has 2 aromatic rings. The number of ether oxygens (including phenoxy) is 1. The van der Waals surface area contributed by atoms with Gasteiger partial charge in [0.25, 0.3) is 0 Å². The van der Waals surface area contributed by atoms with Crippen LogP contribution in [0.25, 0.3) is 0 Å². The lowest BCUT2D eigenvalue weighted by atomic mass is 9.88. The number of carbonyl (C=O) groups excluding carboxylic acids is 2. The summed E-state index contributed by atoms with van der Waals surface area (Å²) in [5.74, 6) is 0.272. The van der Waals surface area contributed by atoms with Crippen LogP contribution in [-0.2, 0) is 16.1 Å². The largest absolute Gasteiger partial charge is 0.474 e. The van der Waals surface area contributed by atoms with Gasteiger partial charge in [0.05, 0.1) is 5.41 Å². The molecule has 0 radical (unpaired) electrons. The zero-order valence-electron chi connectivity index (χ0n) is 16.7. The average molecular weight is 448 g/mol. The maximum absolute atomic E-state index is 12.9. The van der Waals surface area contributed by atoms with Crippen molar-refractivity contribution in [3.05, 3.63) is 52.1 Å². The van der Waals surface area contributed by atoms with Crippen LogP contribution in [0.4, 0.5) is 5.69 Å². The first-order valence-electron chi connectivity index (χ1n) is 9.99. The number of pyridine rings is 1. The van der Waals surface area contributed by atoms with E-state index >= 15 is 0 Å². The Hall–Kier alpha value is -2.31. The van der Waals surface area contributed by atoms with E-state index in [-0.39, 0.29) is 30.9 Å². The Balaban J connectivity index is 1.39. The zero-order valence-corrected chi connectivity index (χ0v) is 18.2. The quantitative estimate of drug-likeness (QED) is 0.712. The smallest absolute Gasteiger partial charge is 0.228 e. The third-order valence-electron chi connectivity index (χ3n) is 5.65. The van der Waals surface area contributed by atoms with Crippen LogP contribution in [0.2, 0.25) is 10.0 Å². The van der Waals surface area contributed by atoms with Gasteiger partial charge in [-0.05, 0) is 56.0 Å². The van der Waals surface area contributed by atoms with Gasteiger partial charge in [-0.25, -0.2) is 4.98 Å². The highest BCUT2D eigenvalue weighted by Gasteiger charge is 2.45. The Morgan fingerprint density at radius 1 is 1.27 bits per heavy atom. The Morgan fingerprint density at radius 3 is 2.67 bits per heavy atom. The van der Waals surface area contributed by atoms with Gasteiger partial charge < -0.3 is 15.0 Å². The molecule has 1 aliphatic carbocycles. The minimum absolute atomic E-state index is 0.120. The van der Waals surface area contributed by atoms with E-state index in [0.29, 0.717) is 28.2 Å². The fourth-order valence-corrected chi connectivity index (χ4v) is 4.20. The molecule has 30 heavy (non-hydrogen) atoms. The van der Waals surface area contributed by atoms with Gasteiger partial charge in [0.2, 0.25) is 17.7 Å². The highest BCUT2D eigenvalue weighted by atomic mass is 35.5. The molecule has 1 aliphatic heterocycles. The number of nitrogens with one attached hydrogen (secondary N) is 1. The monoisotopic (exact) mass is 447 g/mol. The molecule has 2 amide bonds. The third-order valence-corrected chi connectivity index (χ3v) is 6.09. The van der Waals surface area contributed by atoms with Crippen LogP contribution in [0.3, 0.4) is 0 Å². The predicted octanol–water partition coefficient (Wildman–Crippen LogP) is 4.38. The number of amides is 2. The molecule has 0 bridgehead atoms. The van der Waals surface area contributed by atoms with E-state index in [4.69, 9.17) is 27.9 Å². The molecule has 4 rings (SSSR count). The Kier molecular flexibility index (Phi) is 5.89. The number of rotatable bonds is 6. The van der Waals surface area contributed by atoms with Crippen molar-refractivity contribution in [1.29, 1.82) is 0 Å². The van der Waals surface area contributed by atoms with Crippen LogP contribution < -0.4 is 15.0 Å². The van der Waals surface area contributed by atoms with Crippen molar-refractivity contribution in [1.82, 2.24) is 10.3 Å². The van der Waals surface area contributed by atoms with Crippen molar-refractivity contribution in [3.63, 3.8) is 0 Å². The van der Waals surface area contributed by atoms with Gasteiger partial charge in [-0.3, -0.25) is 9.59 Å². The van der Waals surface area contributed by atoms with E-state index in [1.165, 1.54) is 6.42 Å². The summed E-state index contributed by atoms with van der Waals surface area (Å²) in [6, 6.07) is 8.65. The van der Waals surface area contributed by atoms with Crippen molar-refractivity contribution in [2.24, 2.45) is 5.41 Å². The molecule has 1 unspecified atom stereocenters. The first-order valence-corrected chi connectivity index (χ1v) is 10.7. The van der Waals surface area contributed by atoms with Crippen LogP contribution in [0.15, 0.2) is 36.5 Å². The predicted molar refractivity (Wildman–Crippen MR) is 116 cm³/mol. The fraction of sp³-hybridized carbons (Fsp3) is 0.409. The normalized spacial score (nSPS) is 21.4. The number of anilines is 1. The number of hydrogen-bond donors (Lipinski definition) is 1. The van der Waals surface area contributed by atoms with E-state index in [2.05, 4.69) is 10.3 Å². The number of aromatic nitrogens is 1. The maximum Gasteiger partial charge on any atom is 0.228 e. The molecule has 1 saturated heterocycles. The van der Waals surface area contributed by atoms with Gasteiger partial charge >= 0.3 is 0 Å². The minimum Gasteiger partial charge on any atom is -0.474 e. The number of halogens is 2. The van der Waals surface area contributed by atoms with Crippen LogP contribution >= 0.6 is 23.2 Å². The molecular weight excluding hydrogens is 425 g/mol. The second-order valence-electron chi connectivity index (χ2n) is 8.20. The molecule has 2 heterocycles. The van der Waals surface area contributed by atoms with Crippen LogP contribution in [0.1, 0.15) is 38.2 Å². The molecule has 1 atom stereocenters. The van der Waals surface area contributed by atoms with E-state index in [9.17, 15) is 9.59 Å². The van der Waals surface area contributed by atoms with Crippen LogP contribution in [0, 0.1) is 5.41 Å². The first-order chi connectivity index (χ1) is 14.3. The molecule has 6 nitrogen and oxygen atoms in total. The van der Waals surface area contributed by atoms with Gasteiger partial charge in [-0.2, -0.15) is 0 Å². The van der Waals surface area contributed by atoms with Crippen molar-refractivity contribution in [3.8, 4) is 5.88 Å². The second kappa shape index (κ2) is 8.44. The SMILES string of the molecule is CC1(C(=O)NCc2ccnc(OC3CCC3)c2)CC(=O)N(c2cc(Cl)cc(Cl)c2)C1. The van der Waals surface area contributed by atoms with Crippen LogP contribution in [0.5, 0.6) is 5.88 Å². The maximum atomic E-state index is 12.9. The summed E-state index contributed by atoms with van der Waals surface area (Å²) < 4.78 is 5.82. The van der Waals surface area contributed by atoms with E-state index < -0.39 is 5.41 Å². The topological polar surface area (TPSA) is 71.5 Å². The van der Waals surface area contributed by atoms with Gasteiger partial charge in [-0.15, -0.1) is 0 Å². The zero-order chi connectivity index (χ0) is 21.3. The van der Waals surface area contributed by atoms with E-state index in [1.54, 1.807) is 36.2 Å². The summed E-state index contributed by atoms with van der Waals surface area (Å²) in [5.41, 5.74) is 0.657. The van der Waals surface area contributed by atoms with Crippen molar-refractivity contribution >= 4 is 40.7 Å².